The van der Waals surface area contributed by atoms with Gasteiger partial charge >= 0.3 is 0 Å². The van der Waals surface area contributed by atoms with Crippen molar-refractivity contribution in [3.63, 3.8) is 0 Å². The van der Waals surface area contributed by atoms with Crippen LogP contribution in [-0.2, 0) is 9.59 Å². The van der Waals surface area contributed by atoms with Crippen molar-refractivity contribution in [2.24, 2.45) is 23.3 Å². The molecule has 21 heavy (non-hydrogen) atoms. The lowest BCUT2D eigenvalue weighted by atomic mass is 9.95. The van der Waals surface area contributed by atoms with Gasteiger partial charge in [-0.15, -0.1) is 0 Å². The quantitative estimate of drug-likeness (QED) is 0.722. The Labute approximate surface area is 123 Å². The summed E-state index contributed by atoms with van der Waals surface area (Å²) in [6.07, 6.45) is 2.93. The van der Waals surface area contributed by atoms with Gasteiger partial charge in [-0.2, -0.15) is 0 Å². The van der Waals surface area contributed by atoms with Crippen molar-refractivity contribution in [3.05, 3.63) is 24.3 Å². The molecular formula is C15H21N3O3. The summed E-state index contributed by atoms with van der Waals surface area (Å²) in [5, 5.41) is 2.89. The van der Waals surface area contributed by atoms with Crippen LogP contribution in [0.1, 0.15) is 19.3 Å². The maximum Gasteiger partial charge on any atom is 0.255 e. The van der Waals surface area contributed by atoms with Crippen LogP contribution in [0.25, 0.3) is 0 Å². The Morgan fingerprint density at radius 3 is 2.86 bits per heavy atom. The van der Waals surface area contributed by atoms with Crippen LogP contribution in [0.3, 0.4) is 0 Å². The van der Waals surface area contributed by atoms with Crippen molar-refractivity contribution >= 4 is 17.5 Å². The van der Waals surface area contributed by atoms with Crippen LogP contribution < -0.4 is 21.5 Å². The summed E-state index contributed by atoms with van der Waals surface area (Å²) in [5.41, 5.74) is 11.4. The summed E-state index contributed by atoms with van der Waals surface area (Å²) in [4.78, 5) is 23.0. The molecule has 1 aromatic carbocycles. The minimum absolute atomic E-state index is 0.00463. The third kappa shape index (κ3) is 4.19. The molecule has 6 heteroatoms. The highest BCUT2D eigenvalue weighted by atomic mass is 16.5. The topological polar surface area (TPSA) is 107 Å². The number of amides is 2. The number of primary amides is 1. The second kappa shape index (κ2) is 7.08. The third-order valence-corrected chi connectivity index (χ3v) is 3.78. The van der Waals surface area contributed by atoms with E-state index in [0.717, 1.165) is 19.3 Å². The van der Waals surface area contributed by atoms with Crippen LogP contribution >= 0.6 is 0 Å². The Kier molecular flexibility index (Phi) is 5.16. The molecule has 0 aromatic heterocycles. The molecule has 1 aliphatic carbocycles. The van der Waals surface area contributed by atoms with E-state index in [1.54, 1.807) is 24.3 Å². The van der Waals surface area contributed by atoms with Crippen LogP contribution in [0, 0.1) is 11.8 Å². The molecule has 6 nitrogen and oxygen atoms in total. The SMILES string of the molecule is NCC1CCCC1C(=O)Nc1cccc(OCC(N)=O)c1. The molecule has 2 rings (SSSR count). The van der Waals surface area contributed by atoms with Gasteiger partial charge in [-0.25, -0.2) is 0 Å². The van der Waals surface area contributed by atoms with Crippen molar-refractivity contribution < 1.29 is 14.3 Å². The van der Waals surface area contributed by atoms with Crippen LogP contribution in [0.5, 0.6) is 5.75 Å². The van der Waals surface area contributed by atoms with E-state index in [1.807, 2.05) is 0 Å². The van der Waals surface area contributed by atoms with E-state index in [4.69, 9.17) is 16.2 Å². The number of rotatable bonds is 6. The van der Waals surface area contributed by atoms with E-state index in [0.29, 0.717) is 18.0 Å². The summed E-state index contributed by atoms with van der Waals surface area (Å²) in [6.45, 7) is 0.356. The lowest BCUT2D eigenvalue weighted by molar-refractivity contribution is -0.121. The predicted molar refractivity (Wildman–Crippen MR) is 79.6 cm³/mol. The largest absolute Gasteiger partial charge is 0.484 e. The number of nitrogens with one attached hydrogen (secondary N) is 1. The molecule has 2 amide bonds. The second-order valence-corrected chi connectivity index (χ2v) is 5.31. The van der Waals surface area contributed by atoms with E-state index < -0.39 is 5.91 Å². The molecule has 114 valence electrons. The van der Waals surface area contributed by atoms with Gasteiger partial charge in [0.05, 0.1) is 0 Å². The molecule has 1 saturated carbocycles. The van der Waals surface area contributed by atoms with Crippen molar-refractivity contribution in [1.82, 2.24) is 0 Å². The molecule has 0 heterocycles. The van der Waals surface area contributed by atoms with E-state index in [9.17, 15) is 9.59 Å². The van der Waals surface area contributed by atoms with E-state index in [1.165, 1.54) is 0 Å². The Bertz CT molecular complexity index is 519. The van der Waals surface area contributed by atoms with Gasteiger partial charge in [0.15, 0.2) is 6.61 Å². The fourth-order valence-corrected chi connectivity index (χ4v) is 2.72. The monoisotopic (exact) mass is 291 g/mol. The maximum absolute atomic E-state index is 12.3. The highest BCUT2D eigenvalue weighted by Crippen LogP contribution is 2.32. The van der Waals surface area contributed by atoms with Gasteiger partial charge in [-0.1, -0.05) is 12.5 Å². The number of hydrogen-bond donors (Lipinski definition) is 3. The first-order valence-electron chi connectivity index (χ1n) is 7.12. The average Bonchev–Trinajstić information content (AvgIpc) is 2.94. The first kappa shape index (κ1) is 15.3. The normalized spacial score (nSPS) is 21.0. The molecule has 2 atom stereocenters. The minimum atomic E-state index is -0.541. The highest BCUT2D eigenvalue weighted by molar-refractivity contribution is 5.93. The summed E-state index contributed by atoms with van der Waals surface area (Å²) in [6, 6.07) is 6.91. The molecule has 1 fully saturated rings. The molecular weight excluding hydrogens is 270 g/mol. The number of nitrogens with two attached hydrogens (primary N) is 2. The molecule has 0 aliphatic heterocycles. The average molecular weight is 291 g/mol. The lowest BCUT2D eigenvalue weighted by Gasteiger charge is -2.17. The molecule has 0 saturated heterocycles. The van der Waals surface area contributed by atoms with Crippen molar-refractivity contribution in [2.45, 2.75) is 19.3 Å². The molecule has 0 bridgehead atoms. The zero-order valence-corrected chi connectivity index (χ0v) is 11.9. The number of carbonyl (C=O) groups is 2. The van der Waals surface area contributed by atoms with Crippen molar-refractivity contribution in [3.8, 4) is 5.75 Å². The predicted octanol–water partition coefficient (Wildman–Crippen LogP) is 0.864. The van der Waals surface area contributed by atoms with Crippen molar-refractivity contribution in [2.75, 3.05) is 18.5 Å². The van der Waals surface area contributed by atoms with Gasteiger partial charge in [-0.3, -0.25) is 9.59 Å². The standard InChI is InChI=1S/C15H21N3O3/c16-8-10-3-1-6-13(10)15(20)18-11-4-2-5-12(7-11)21-9-14(17)19/h2,4-5,7,10,13H,1,3,6,8-9,16H2,(H2,17,19)(H,18,20). The Morgan fingerprint density at radius 2 is 2.14 bits per heavy atom. The second-order valence-electron chi connectivity index (χ2n) is 5.31. The number of benzene rings is 1. The Morgan fingerprint density at radius 1 is 1.33 bits per heavy atom. The summed E-state index contributed by atoms with van der Waals surface area (Å²) < 4.78 is 5.21. The van der Waals surface area contributed by atoms with Gasteiger partial charge in [0.2, 0.25) is 5.91 Å². The first-order valence-corrected chi connectivity index (χ1v) is 7.12. The zero-order chi connectivity index (χ0) is 15.2. The van der Waals surface area contributed by atoms with Gasteiger partial charge < -0.3 is 21.5 Å². The Balaban J connectivity index is 1.97. The third-order valence-electron chi connectivity index (χ3n) is 3.78. The van der Waals surface area contributed by atoms with E-state index >= 15 is 0 Å². The van der Waals surface area contributed by atoms with Crippen molar-refractivity contribution in [1.29, 1.82) is 0 Å². The molecule has 1 aliphatic rings. The number of ether oxygens (including phenoxy) is 1. The smallest absolute Gasteiger partial charge is 0.255 e. The zero-order valence-electron chi connectivity index (χ0n) is 11.9. The van der Waals surface area contributed by atoms with Gasteiger partial charge in [0.25, 0.3) is 5.91 Å². The van der Waals surface area contributed by atoms with E-state index in [-0.39, 0.29) is 24.3 Å². The van der Waals surface area contributed by atoms with Crippen LogP contribution in [-0.4, -0.2) is 25.0 Å². The molecule has 0 radical (unpaired) electrons. The molecule has 1 aromatic rings. The number of anilines is 1. The number of hydrogen-bond acceptors (Lipinski definition) is 4. The fraction of sp³-hybridized carbons (Fsp3) is 0.467. The number of carbonyl (C=O) groups excluding carboxylic acids is 2. The van der Waals surface area contributed by atoms with Crippen LogP contribution in [0.15, 0.2) is 24.3 Å². The first-order chi connectivity index (χ1) is 10.1. The maximum atomic E-state index is 12.3. The van der Waals surface area contributed by atoms with Crippen LogP contribution in [0.2, 0.25) is 0 Å². The van der Waals surface area contributed by atoms with Crippen LogP contribution in [0.4, 0.5) is 5.69 Å². The summed E-state index contributed by atoms with van der Waals surface area (Å²) in [5.74, 6) is 0.189. The summed E-state index contributed by atoms with van der Waals surface area (Å²) >= 11 is 0. The molecule has 5 N–H and O–H groups in total. The highest BCUT2D eigenvalue weighted by Gasteiger charge is 2.31. The van der Waals surface area contributed by atoms with Gasteiger partial charge in [0, 0.05) is 17.7 Å². The van der Waals surface area contributed by atoms with Gasteiger partial charge in [0.1, 0.15) is 5.75 Å². The Hall–Kier alpha value is -2.08. The van der Waals surface area contributed by atoms with E-state index in [2.05, 4.69) is 5.32 Å². The van der Waals surface area contributed by atoms with Gasteiger partial charge in [-0.05, 0) is 37.4 Å². The minimum Gasteiger partial charge on any atom is -0.484 e. The molecule has 0 spiro atoms. The lowest BCUT2D eigenvalue weighted by Crippen LogP contribution is -2.29. The molecule has 2 unspecified atom stereocenters. The summed E-state index contributed by atoms with van der Waals surface area (Å²) in [7, 11) is 0. The fourth-order valence-electron chi connectivity index (χ4n) is 2.72.